The Morgan fingerprint density at radius 3 is 2.30 bits per heavy atom. The maximum absolute atomic E-state index is 11.5. The second kappa shape index (κ2) is 9.13. The second-order valence-electron chi connectivity index (χ2n) is 5.08. The fourth-order valence-electron chi connectivity index (χ4n) is 2.17. The molecule has 0 aliphatic heterocycles. The number of aromatic nitrogens is 2. The summed E-state index contributed by atoms with van der Waals surface area (Å²) in [7, 11) is 0. The van der Waals surface area contributed by atoms with Crippen LogP contribution in [0.25, 0.3) is 0 Å². The van der Waals surface area contributed by atoms with Gasteiger partial charge in [-0.2, -0.15) is 5.26 Å². The van der Waals surface area contributed by atoms with Gasteiger partial charge in [-0.05, 0) is 6.42 Å². The summed E-state index contributed by atoms with van der Waals surface area (Å²) in [4.78, 5) is 24.9. The van der Waals surface area contributed by atoms with Gasteiger partial charge in [0, 0.05) is 12.7 Å². The molecule has 20 heavy (non-hydrogen) atoms. The predicted molar refractivity (Wildman–Crippen MR) is 78.6 cm³/mol. The van der Waals surface area contributed by atoms with Crippen LogP contribution in [0.3, 0.4) is 0 Å². The molecular weight excluding hydrogens is 254 g/mol. The summed E-state index contributed by atoms with van der Waals surface area (Å²) < 4.78 is 1.41. The monoisotopic (exact) mass is 277 g/mol. The first-order valence-corrected chi connectivity index (χ1v) is 7.43. The van der Waals surface area contributed by atoms with Crippen molar-refractivity contribution < 1.29 is 0 Å². The lowest BCUT2D eigenvalue weighted by molar-refractivity contribution is 0.532. The summed E-state index contributed by atoms with van der Waals surface area (Å²) in [5.74, 6) is 0. The molecule has 0 unspecified atom stereocenters. The van der Waals surface area contributed by atoms with E-state index in [2.05, 4.69) is 11.9 Å². The molecule has 1 heterocycles. The summed E-state index contributed by atoms with van der Waals surface area (Å²) in [6.07, 6.45) is 10.9. The van der Waals surface area contributed by atoms with Crippen LogP contribution in [0.2, 0.25) is 0 Å². The molecule has 5 nitrogen and oxygen atoms in total. The van der Waals surface area contributed by atoms with Crippen molar-refractivity contribution >= 4 is 0 Å². The fourth-order valence-corrected chi connectivity index (χ4v) is 2.17. The Kier molecular flexibility index (Phi) is 7.41. The number of H-pyrrole nitrogens is 1. The van der Waals surface area contributed by atoms with Crippen LogP contribution in [0.5, 0.6) is 0 Å². The largest absolute Gasteiger partial charge is 0.328 e. The van der Waals surface area contributed by atoms with Gasteiger partial charge in [0.15, 0.2) is 0 Å². The minimum absolute atomic E-state index is 0.0100. The molecule has 0 saturated heterocycles. The first-order chi connectivity index (χ1) is 9.69. The summed E-state index contributed by atoms with van der Waals surface area (Å²) in [6, 6.07) is 1.79. The number of aromatic amines is 1. The minimum Gasteiger partial charge on any atom is -0.299 e. The SMILES string of the molecule is CCCCCCCCCCn1cc(C#N)c(=O)[nH]c1=O. The highest BCUT2D eigenvalue weighted by atomic mass is 16.2. The van der Waals surface area contributed by atoms with Gasteiger partial charge in [0.2, 0.25) is 0 Å². The molecule has 1 rings (SSSR count). The zero-order chi connectivity index (χ0) is 14.8. The van der Waals surface area contributed by atoms with Crippen molar-refractivity contribution in [2.24, 2.45) is 0 Å². The highest BCUT2D eigenvalue weighted by molar-refractivity contribution is 5.21. The molecule has 1 aromatic heterocycles. The number of aryl methyl sites for hydroxylation is 1. The molecule has 0 saturated carbocycles. The van der Waals surface area contributed by atoms with Crippen LogP contribution in [0.1, 0.15) is 63.9 Å². The lowest BCUT2D eigenvalue weighted by Crippen LogP contribution is -2.31. The van der Waals surface area contributed by atoms with Gasteiger partial charge in [0.1, 0.15) is 11.6 Å². The Balaban J connectivity index is 2.31. The van der Waals surface area contributed by atoms with E-state index in [4.69, 9.17) is 5.26 Å². The number of unbranched alkanes of at least 4 members (excludes halogenated alkanes) is 7. The van der Waals surface area contributed by atoms with Crippen molar-refractivity contribution in [2.45, 2.75) is 64.8 Å². The van der Waals surface area contributed by atoms with E-state index in [1.165, 1.54) is 49.3 Å². The van der Waals surface area contributed by atoms with Crippen LogP contribution in [0, 0.1) is 11.3 Å². The zero-order valence-corrected chi connectivity index (χ0v) is 12.2. The highest BCUT2D eigenvalue weighted by Crippen LogP contribution is 2.08. The maximum Gasteiger partial charge on any atom is 0.328 e. The molecule has 0 amide bonds. The molecule has 1 N–H and O–H groups in total. The van der Waals surface area contributed by atoms with Gasteiger partial charge in [-0.15, -0.1) is 0 Å². The number of nitriles is 1. The van der Waals surface area contributed by atoms with Gasteiger partial charge >= 0.3 is 5.69 Å². The predicted octanol–water partition coefficient (Wildman–Crippen LogP) is 2.55. The molecule has 0 spiro atoms. The number of rotatable bonds is 9. The lowest BCUT2D eigenvalue weighted by Gasteiger charge is -2.05. The van der Waals surface area contributed by atoms with Gasteiger partial charge < -0.3 is 0 Å². The molecular formula is C15H23N3O2. The van der Waals surface area contributed by atoms with Crippen LogP contribution in [0.15, 0.2) is 15.8 Å². The fraction of sp³-hybridized carbons (Fsp3) is 0.667. The maximum atomic E-state index is 11.5. The normalized spacial score (nSPS) is 10.4. The molecule has 5 heteroatoms. The van der Waals surface area contributed by atoms with E-state index in [0.29, 0.717) is 6.54 Å². The molecule has 0 fully saturated rings. The number of hydrogen-bond donors (Lipinski definition) is 1. The summed E-state index contributed by atoms with van der Waals surface area (Å²) >= 11 is 0. The van der Waals surface area contributed by atoms with E-state index in [1.807, 2.05) is 0 Å². The smallest absolute Gasteiger partial charge is 0.299 e. The third kappa shape index (κ3) is 5.43. The Morgan fingerprint density at radius 2 is 1.70 bits per heavy atom. The van der Waals surface area contributed by atoms with Gasteiger partial charge in [0.05, 0.1) is 0 Å². The van der Waals surface area contributed by atoms with E-state index in [-0.39, 0.29) is 5.56 Å². The Bertz CT molecular complexity index is 551. The molecule has 110 valence electrons. The molecule has 0 atom stereocenters. The molecule has 0 aliphatic carbocycles. The van der Waals surface area contributed by atoms with Crippen LogP contribution >= 0.6 is 0 Å². The molecule has 0 radical (unpaired) electrons. The molecule has 0 aromatic carbocycles. The topological polar surface area (TPSA) is 78.7 Å². The first-order valence-electron chi connectivity index (χ1n) is 7.43. The third-order valence-corrected chi connectivity index (χ3v) is 3.38. The second-order valence-corrected chi connectivity index (χ2v) is 5.08. The highest BCUT2D eigenvalue weighted by Gasteiger charge is 2.03. The van der Waals surface area contributed by atoms with Crippen molar-refractivity contribution in [3.63, 3.8) is 0 Å². The van der Waals surface area contributed by atoms with E-state index >= 15 is 0 Å². The first kappa shape index (κ1) is 16.2. The van der Waals surface area contributed by atoms with Crippen molar-refractivity contribution in [2.75, 3.05) is 0 Å². The summed E-state index contributed by atoms with van der Waals surface area (Å²) in [6.45, 7) is 2.76. The van der Waals surface area contributed by atoms with Crippen molar-refractivity contribution in [1.82, 2.24) is 9.55 Å². The van der Waals surface area contributed by atoms with Gasteiger partial charge in [0.25, 0.3) is 5.56 Å². The van der Waals surface area contributed by atoms with Crippen LogP contribution < -0.4 is 11.2 Å². The Labute approximate surface area is 119 Å². The summed E-state index contributed by atoms with van der Waals surface area (Å²) in [5, 5.41) is 8.76. The number of hydrogen-bond acceptors (Lipinski definition) is 3. The van der Waals surface area contributed by atoms with Crippen molar-refractivity contribution in [3.05, 3.63) is 32.6 Å². The van der Waals surface area contributed by atoms with Crippen molar-refractivity contribution in [3.8, 4) is 6.07 Å². The zero-order valence-electron chi connectivity index (χ0n) is 12.2. The van der Waals surface area contributed by atoms with E-state index in [1.54, 1.807) is 6.07 Å². The van der Waals surface area contributed by atoms with Gasteiger partial charge in [-0.3, -0.25) is 14.3 Å². The lowest BCUT2D eigenvalue weighted by atomic mass is 10.1. The van der Waals surface area contributed by atoms with E-state index in [0.717, 1.165) is 12.8 Å². The summed E-state index contributed by atoms with van der Waals surface area (Å²) in [5.41, 5.74) is -1.05. The van der Waals surface area contributed by atoms with Crippen LogP contribution in [0.4, 0.5) is 0 Å². The minimum atomic E-state index is -0.607. The van der Waals surface area contributed by atoms with E-state index < -0.39 is 11.2 Å². The molecule has 0 bridgehead atoms. The van der Waals surface area contributed by atoms with Crippen molar-refractivity contribution in [1.29, 1.82) is 5.26 Å². The molecule has 1 aromatic rings. The Hall–Kier alpha value is -1.83. The number of nitrogens with one attached hydrogen (secondary N) is 1. The Morgan fingerprint density at radius 1 is 1.10 bits per heavy atom. The third-order valence-electron chi connectivity index (χ3n) is 3.38. The molecule has 0 aliphatic rings. The standard InChI is InChI=1S/C15H23N3O2/c1-2-3-4-5-6-7-8-9-10-18-12-13(11-16)14(19)17-15(18)20/h12H,2-10H2,1H3,(H,17,19,20). The van der Waals surface area contributed by atoms with Crippen LogP contribution in [-0.4, -0.2) is 9.55 Å². The van der Waals surface area contributed by atoms with Gasteiger partial charge in [-0.1, -0.05) is 51.9 Å². The number of nitrogens with zero attached hydrogens (tertiary/aromatic N) is 2. The average molecular weight is 277 g/mol. The van der Waals surface area contributed by atoms with E-state index in [9.17, 15) is 9.59 Å². The quantitative estimate of drug-likeness (QED) is 0.704. The average Bonchev–Trinajstić information content (AvgIpc) is 2.43. The van der Waals surface area contributed by atoms with Crippen LogP contribution in [-0.2, 0) is 6.54 Å². The van der Waals surface area contributed by atoms with Gasteiger partial charge in [-0.25, -0.2) is 4.79 Å².